The zero-order valence-corrected chi connectivity index (χ0v) is 13.4. The van der Waals surface area contributed by atoms with E-state index in [2.05, 4.69) is 49.9 Å². The molecule has 1 aromatic heterocycles. The topological polar surface area (TPSA) is 31.4 Å². The Labute approximate surface area is 124 Å². The van der Waals surface area contributed by atoms with Crippen LogP contribution in [0.2, 0.25) is 0 Å². The molecule has 1 aliphatic heterocycles. The van der Waals surface area contributed by atoms with Gasteiger partial charge in [0.05, 0.1) is 0 Å². The van der Waals surface area contributed by atoms with Gasteiger partial charge in [-0.2, -0.15) is 0 Å². The van der Waals surface area contributed by atoms with E-state index < -0.39 is 0 Å². The molecule has 0 amide bonds. The minimum absolute atomic E-state index is 0.541. The Bertz CT molecular complexity index is 391. The quantitative estimate of drug-likeness (QED) is 0.899. The van der Waals surface area contributed by atoms with Crippen LogP contribution in [0, 0.1) is 0 Å². The fourth-order valence-electron chi connectivity index (χ4n) is 2.40. The highest BCUT2D eigenvalue weighted by molar-refractivity contribution is 9.10. The van der Waals surface area contributed by atoms with E-state index in [-0.39, 0.29) is 0 Å². The van der Waals surface area contributed by atoms with Gasteiger partial charge in [-0.05, 0) is 25.6 Å². The van der Waals surface area contributed by atoms with Crippen LogP contribution >= 0.6 is 15.9 Å². The molecular formula is C14H23BrN4. The number of hydrogen-bond acceptors (Lipinski definition) is 4. The lowest BCUT2D eigenvalue weighted by Gasteiger charge is -2.37. The van der Waals surface area contributed by atoms with Crippen LogP contribution in [0.15, 0.2) is 22.8 Å². The third-order valence-corrected chi connectivity index (χ3v) is 4.27. The molecule has 1 saturated heterocycles. The third-order valence-electron chi connectivity index (χ3n) is 3.78. The van der Waals surface area contributed by atoms with Crippen molar-refractivity contribution in [2.24, 2.45) is 0 Å². The smallest absolute Gasteiger partial charge is 0.127 e. The van der Waals surface area contributed by atoms with Gasteiger partial charge in [-0.1, -0.05) is 22.9 Å². The monoisotopic (exact) mass is 326 g/mol. The maximum Gasteiger partial charge on any atom is 0.127 e. The standard InChI is InChI=1S/C14H23BrN4/c1-3-18-6-8-19(9-7-18)12(2)11-17-14-10-13(15)4-5-16-14/h4-5,10,12H,3,6-9,11H2,1-2H3,(H,16,17)/t12-/m1/s1. The average Bonchev–Trinajstić information content (AvgIpc) is 2.45. The Morgan fingerprint density at radius 3 is 2.74 bits per heavy atom. The van der Waals surface area contributed by atoms with Crippen molar-refractivity contribution >= 4 is 21.7 Å². The second-order valence-corrected chi connectivity index (χ2v) is 5.98. The maximum absolute atomic E-state index is 4.31. The molecule has 2 heterocycles. The maximum atomic E-state index is 4.31. The lowest BCUT2D eigenvalue weighted by atomic mass is 10.2. The summed E-state index contributed by atoms with van der Waals surface area (Å²) in [4.78, 5) is 9.37. The highest BCUT2D eigenvalue weighted by Crippen LogP contribution is 2.13. The summed E-state index contributed by atoms with van der Waals surface area (Å²) in [6.45, 7) is 11.3. The molecule has 19 heavy (non-hydrogen) atoms. The first-order valence-electron chi connectivity index (χ1n) is 7.01. The van der Waals surface area contributed by atoms with Gasteiger partial charge in [0, 0.05) is 49.4 Å². The molecule has 4 nitrogen and oxygen atoms in total. The van der Waals surface area contributed by atoms with Crippen molar-refractivity contribution in [3.63, 3.8) is 0 Å². The molecule has 5 heteroatoms. The Kier molecular flexibility index (Phi) is 5.60. The molecule has 0 radical (unpaired) electrons. The van der Waals surface area contributed by atoms with Crippen LogP contribution in [-0.4, -0.2) is 60.1 Å². The molecule has 2 rings (SSSR count). The number of anilines is 1. The lowest BCUT2D eigenvalue weighted by Crippen LogP contribution is -2.51. The Morgan fingerprint density at radius 2 is 2.11 bits per heavy atom. The fraction of sp³-hybridized carbons (Fsp3) is 0.643. The van der Waals surface area contributed by atoms with Crippen LogP contribution in [-0.2, 0) is 0 Å². The third kappa shape index (κ3) is 4.44. The molecule has 1 aromatic rings. The van der Waals surface area contributed by atoms with Crippen molar-refractivity contribution < 1.29 is 0 Å². The van der Waals surface area contributed by atoms with Crippen molar-refractivity contribution in [1.82, 2.24) is 14.8 Å². The van der Waals surface area contributed by atoms with Crippen LogP contribution in [0.1, 0.15) is 13.8 Å². The van der Waals surface area contributed by atoms with Gasteiger partial charge in [0.15, 0.2) is 0 Å². The summed E-state index contributed by atoms with van der Waals surface area (Å²) in [7, 11) is 0. The summed E-state index contributed by atoms with van der Waals surface area (Å²) >= 11 is 3.46. The first kappa shape index (κ1) is 14.8. The molecule has 0 unspecified atom stereocenters. The van der Waals surface area contributed by atoms with Crippen molar-refractivity contribution in [2.45, 2.75) is 19.9 Å². The second-order valence-electron chi connectivity index (χ2n) is 5.06. The number of aromatic nitrogens is 1. The molecule has 0 aliphatic carbocycles. The molecule has 1 N–H and O–H groups in total. The minimum Gasteiger partial charge on any atom is -0.368 e. The van der Waals surface area contributed by atoms with Gasteiger partial charge in [0.2, 0.25) is 0 Å². The van der Waals surface area contributed by atoms with Gasteiger partial charge in [-0.3, -0.25) is 4.90 Å². The fourth-order valence-corrected chi connectivity index (χ4v) is 2.74. The molecule has 1 fully saturated rings. The highest BCUT2D eigenvalue weighted by Gasteiger charge is 2.19. The normalized spacial score (nSPS) is 19.3. The van der Waals surface area contributed by atoms with E-state index in [0.29, 0.717) is 6.04 Å². The van der Waals surface area contributed by atoms with Crippen molar-refractivity contribution in [2.75, 3.05) is 44.6 Å². The summed E-state index contributed by atoms with van der Waals surface area (Å²) in [5.41, 5.74) is 0. The molecule has 1 atom stereocenters. The molecule has 0 saturated carbocycles. The number of rotatable bonds is 5. The molecule has 1 aliphatic rings. The van der Waals surface area contributed by atoms with Gasteiger partial charge in [-0.15, -0.1) is 0 Å². The van der Waals surface area contributed by atoms with E-state index in [1.165, 1.54) is 32.7 Å². The molecular weight excluding hydrogens is 304 g/mol. The number of hydrogen-bond donors (Lipinski definition) is 1. The van der Waals surface area contributed by atoms with Gasteiger partial charge < -0.3 is 10.2 Å². The highest BCUT2D eigenvalue weighted by atomic mass is 79.9. The molecule has 0 bridgehead atoms. The Balaban J connectivity index is 1.77. The van der Waals surface area contributed by atoms with Crippen LogP contribution in [0.3, 0.4) is 0 Å². The summed E-state index contributed by atoms with van der Waals surface area (Å²) < 4.78 is 1.06. The molecule has 0 aromatic carbocycles. The van der Waals surface area contributed by atoms with Gasteiger partial charge >= 0.3 is 0 Å². The Morgan fingerprint density at radius 1 is 1.37 bits per heavy atom. The zero-order chi connectivity index (χ0) is 13.7. The predicted molar refractivity (Wildman–Crippen MR) is 83.6 cm³/mol. The number of halogens is 1. The summed E-state index contributed by atoms with van der Waals surface area (Å²) in [5.74, 6) is 0.938. The van der Waals surface area contributed by atoms with Crippen LogP contribution < -0.4 is 5.32 Å². The van der Waals surface area contributed by atoms with Gasteiger partial charge in [-0.25, -0.2) is 4.98 Å². The van der Waals surface area contributed by atoms with Crippen LogP contribution in [0.5, 0.6) is 0 Å². The zero-order valence-electron chi connectivity index (χ0n) is 11.8. The molecule has 106 valence electrons. The lowest BCUT2D eigenvalue weighted by molar-refractivity contribution is 0.110. The van der Waals surface area contributed by atoms with Crippen molar-refractivity contribution in [3.8, 4) is 0 Å². The number of likely N-dealkylation sites (N-methyl/N-ethyl adjacent to an activating group) is 1. The van der Waals surface area contributed by atoms with Crippen LogP contribution in [0.25, 0.3) is 0 Å². The van der Waals surface area contributed by atoms with E-state index >= 15 is 0 Å². The second kappa shape index (κ2) is 7.22. The van der Waals surface area contributed by atoms with Crippen molar-refractivity contribution in [1.29, 1.82) is 0 Å². The minimum atomic E-state index is 0.541. The van der Waals surface area contributed by atoms with E-state index in [9.17, 15) is 0 Å². The van der Waals surface area contributed by atoms with E-state index in [0.717, 1.165) is 16.8 Å². The largest absolute Gasteiger partial charge is 0.368 e. The number of piperazine rings is 1. The molecule has 0 spiro atoms. The first-order valence-corrected chi connectivity index (χ1v) is 7.80. The van der Waals surface area contributed by atoms with E-state index in [4.69, 9.17) is 0 Å². The SMILES string of the molecule is CCN1CCN([C@H](C)CNc2cc(Br)ccn2)CC1. The number of nitrogens with one attached hydrogen (secondary N) is 1. The van der Waals surface area contributed by atoms with E-state index in [1.54, 1.807) is 0 Å². The first-order chi connectivity index (χ1) is 9.19. The van der Waals surface area contributed by atoms with E-state index in [1.807, 2.05) is 18.3 Å². The summed E-state index contributed by atoms with van der Waals surface area (Å²) in [6.07, 6.45) is 1.82. The van der Waals surface area contributed by atoms with Crippen molar-refractivity contribution in [3.05, 3.63) is 22.8 Å². The summed E-state index contributed by atoms with van der Waals surface area (Å²) in [6, 6.07) is 4.50. The Hall–Kier alpha value is -0.650. The predicted octanol–water partition coefficient (Wildman–Crippen LogP) is 2.28. The van der Waals surface area contributed by atoms with Gasteiger partial charge in [0.1, 0.15) is 5.82 Å². The van der Waals surface area contributed by atoms with Crippen LogP contribution in [0.4, 0.5) is 5.82 Å². The summed E-state index contributed by atoms with van der Waals surface area (Å²) in [5, 5.41) is 3.41. The number of nitrogens with zero attached hydrogens (tertiary/aromatic N) is 3. The number of pyridine rings is 1. The van der Waals surface area contributed by atoms with Gasteiger partial charge in [0.25, 0.3) is 0 Å². The average molecular weight is 327 g/mol.